The average molecular weight is 377 g/mol. The van der Waals surface area contributed by atoms with E-state index < -0.39 is 0 Å². The SMILES string of the molecule is CCOC(=O)N1CCC(NC(N)=NCc2csc(-c3ccco3)n2)CC1. The molecule has 0 aromatic carbocycles. The number of rotatable bonds is 5. The van der Waals surface area contributed by atoms with Crippen molar-refractivity contribution in [2.45, 2.75) is 32.4 Å². The molecule has 0 atom stereocenters. The number of aliphatic imine (C=N–C) groups is 1. The van der Waals surface area contributed by atoms with Gasteiger partial charge in [0.2, 0.25) is 0 Å². The van der Waals surface area contributed by atoms with Crippen molar-refractivity contribution in [2.24, 2.45) is 10.7 Å². The Balaban J connectivity index is 1.45. The Labute approximate surface area is 156 Å². The lowest BCUT2D eigenvalue weighted by Gasteiger charge is -2.31. The van der Waals surface area contributed by atoms with Crippen LogP contribution in [0.2, 0.25) is 0 Å². The fourth-order valence-electron chi connectivity index (χ4n) is 2.74. The van der Waals surface area contributed by atoms with Crippen LogP contribution >= 0.6 is 11.3 Å². The van der Waals surface area contributed by atoms with Crippen LogP contribution in [0.4, 0.5) is 4.79 Å². The van der Waals surface area contributed by atoms with E-state index in [9.17, 15) is 4.79 Å². The maximum Gasteiger partial charge on any atom is 0.409 e. The Hall–Kier alpha value is -2.55. The van der Waals surface area contributed by atoms with Crippen LogP contribution in [0.3, 0.4) is 0 Å². The molecule has 0 aliphatic carbocycles. The van der Waals surface area contributed by atoms with Crippen molar-refractivity contribution in [3.8, 4) is 10.8 Å². The van der Waals surface area contributed by atoms with E-state index >= 15 is 0 Å². The third kappa shape index (κ3) is 4.75. The lowest BCUT2D eigenvalue weighted by atomic mass is 10.1. The van der Waals surface area contributed by atoms with Crippen molar-refractivity contribution >= 4 is 23.4 Å². The van der Waals surface area contributed by atoms with E-state index in [-0.39, 0.29) is 12.1 Å². The van der Waals surface area contributed by atoms with Crippen LogP contribution in [0.5, 0.6) is 0 Å². The van der Waals surface area contributed by atoms with E-state index in [1.54, 1.807) is 11.2 Å². The first-order valence-electron chi connectivity index (χ1n) is 8.62. The number of carbonyl (C=O) groups is 1. The second-order valence-electron chi connectivity index (χ2n) is 5.93. The molecular formula is C17H23N5O3S. The highest BCUT2D eigenvalue weighted by atomic mass is 32.1. The third-order valence-electron chi connectivity index (χ3n) is 4.07. The molecule has 0 radical (unpaired) electrons. The summed E-state index contributed by atoms with van der Waals surface area (Å²) in [6.07, 6.45) is 3.01. The molecule has 140 valence electrons. The number of nitrogens with zero attached hydrogens (tertiary/aromatic N) is 3. The molecule has 0 unspecified atom stereocenters. The molecule has 2 aromatic rings. The normalized spacial score (nSPS) is 15.9. The predicted molar refractivity (Wildman–Crippen MR) is 99.9 cm³/mol. The maximum atomic E-state index is 11.7. The van der Waals surface area contributed by atoms with Crippen molar-refractivity contribution in [1.29, 1.82) is 0 Å². The topological polar surface area (TPSA) is 106 Å². The minimum absolute atomic E-state index is 0.207. The van der Waals surface area contributed by atoms with Crippen LogP contribution in [0, 0.1) is 0 Å². The highest BCUT2D eigenvalue weighted by Crippen LogP contribution is 2.24. The molecule has 8 nitrogen and oxygen atoms in total. The zero-order valence-electron chi connectivity index (χ0n) is 14.7. The summed E-state index contributed by atoms with van der Waals surface area (Å²) < 4.78 is 10.4. The minimum atomic E-state index is -0.247. The summed E-state index contributed by atoms with van der Waals surface area (Å²) in [5.74, 6) is 1.15. The van der Waals surface area contributed by atoms with E-state index in [2.05, 4.69) is 15.3 Å². The Morgan fingerprint density at radius 1 is 1.54 bits per heavy atom. The molecule has 1 aliphatic heterocycles. The van der Waals surface area contributed by atoms with E-state index in [0.717, 1.165) is 29.3 Å². The van der Waals surface area contributed by atoms with E-state index in [0.29, 0.717) is 32.2 Å². The molecule has 0 bridgehead atoms. The quantitative estimate of drug-likeness (QED) is 0.612. The number of hydrogen-bond acceptors (Lipinski definition) is 6. The standard InChI is InChI=1S/C17H23N5O3S/c1-2-24-17(23)22-7-5-12(6-8-22)21-16(18)19-10-13-11-26-15(20-13)14-4-3-9-25-14/h3-4,9,11-12H,2,5-8,10H2,1H3,(H3,18,19,21). The van der Waals surface area contributed by atoms with Gasteiger partial charge in [-0.05, 0) is 31.9 Å². The van der Waals surface area contributed by atoms with Crippen molar-refractivity contribution in [1.82, 2.24) is 15.2 Å². The van der Waals surface area contributed by atoms with Crippen LogP contribution < -0.4 is 11.1 Å². The van der Waals surface area contributed by atoms with Gasteiger partial charge in [-0.15, -0.1) is 11.3 Å². The van der Waals surface area contributed by atoms with Gasteiger partial charge in [-0.1, -0.05) is 0 Å². The lowest BCUT2D eigenvalue weighted by molar-refractivity contribution is 0.0963. The highest BCUT2D eigenvalue weighted by molar-refractivity contribution is 7.13. The molecule has 1 amide bonds. The number of nitrogens with one attached hydrogen (secondary N) is 1. The number of likely N-dealkylation sites (tertiary alicyclic amines) is 1. The molecule has 3 rings (SSSR count). The van der Waals surface area contributed by atoms with Gasteiger partial charge in [0, 0.05) is 24.5 Å². The Kier molecular flexibility index (Phi) is 6.11. The summed E-state index contributed by atoms with van der Waals surface area (Å²) in [4.78, 5) is 22.3. The monoisotopic (exact) mass is 377 g/mol. The second kappa shape index (κ2) is 8.70. The van der Waals surface area contributed by atoms with Gasteiger partial charge in [-0.3, -0.25) is 0 Å². The van der Waals surface area contributed by atoms with Crippen molar-refractivity contribution in [3.05, 3.63) is 29.5 Å². The van der Waals surface area contributed by atoms with Gasteiger partial charge in [0.1, 0.15) is 0 Å². The molecule has 0 spiro atoms. The van der Waals surface area contributed by atoms with Crippen LogP contribution in [-0.2, 0) is 11.3 Å². The zero-order valence-corrected chi connectivity index (χ0v) is 15.5. The number of aromatic nitrogens is 1. The zero-order chi connectivity index (χ0) is 18.4. The van der Waals surface area contributed by atoms with Gasteiger partial charge < -0.3 is 25.1 Å². The van der Waals surface area contributed by atoms with E-state index in [1.807, 2.05) is 24.4 Å². The molecule has 1 fully saturated rings. The van der Waals surface area contributed by atoms with Gasteiger partial charge in [-0.2, -0.15) is 0 Å². The number of thiazole rings is 1. The first-order chi connectivity index (χ1) is 12.7. The summed E-state index contributed by atoms with van der Waals surface area (Å²) in [6.45, 7) is 3.93. The number of ether oxygens (including phenoxy) is 1. The second-order valence-corrected chi connectivity index (χ2v) is 6.79. The fourth-order valence-corrected chi connectivity index (χ4v) is 3.51. The first kappa shape index (κ1) is 18.2. The Morgan fingerprint density at radius 2 is 2.35 bits per heavy atom. The fraction of sp³-hybridized carbons (Fsp3) is 0.471. The number of carbonyl (C=O) groups excluding carboxylic acids is 1. The Morgan fingerprint density at radius 3 is 3.04 bits per heavy atom. The molecule has 3 N–H and O–H groups in total. The maximum absolute atomic E-state index is 11.7. The average Bonchev–Trinajstić information content (AvgIpc) is 3.32. The Bertz CT molecular complexity index is 735. The van der Waals surface area contributed by atoms with Crippen LogP contribution in [-0.4, -0.2) is 47.7 Å². The lowest BCUT2D eigenvalue weighted by Crippen LogP contribution is -2.48. The molecule has 0 saturated carbocycles. The molecule has 1 aliphatic rings. The van der Waals surface area contributed by atoms with E-state index in [4.69, 9.17) is 14.9 Å². The summed E-state index contributed by atoms with van der Waals surface area (Å²) in [5.41, 5.74) is 6.84. The smallest absolute Gasteiger partial charge is 0.409 e. The van der Waals surface area contributed by atoms with Crippen LogP contribution in [0.25, 0.3) is 10.8 Å². The molecule has 9 heteroatoms. The van der Waals surface area contributed by atoms with Gasteiger partial charge in [0.05, 0.1) is 25.1 Å². The molecule has 26 heavy (non-hydrogen) atoms. The van der Waals surface area contributed by atoms with Crippen molar-refractivity contribution < 1.29 is 13.9 Å². The van der Waals surface area contributed by atoms with Crippen LogP contribution in [0.15, 0.2) is 33.2 Å². The summed E-state index contributed by atoms with van der Waals surface area (Å²) >= 11 is 1.52. The number of furan rings is 1. The molecule has 3 heterocycles. The third-order valence-corrected chi connectivity index (χ3v) is 4.97. The summed E-state index contributed by atoms with van der Waals surface area (Å²) in [5, 5.41) is 6.00. The van der Waals surface area contributed by atoms with Gasteiger partial charge in [0.15, 0.2) is 16.7 Å². The number of nitrogens with two attached hydrogens (primary N) is 1. The number of piperidine rings is 1. The number of guanidine groups is 1. The predicted octanol–water partition coefficient (Wildman–Crippen LogP) is 2.43. The first-order valence-corrected chi connectivity index (χ1v) is 9.50. The van der Waals surface area contributed by atoms with Gasteiger partial charge in [0.25, 0.3) is 0 Å². The summed E-state index contributed by atoms with van der Waals surface area (Å²) in [7, 11) is 0. The molecule has 2 aromatic heterocycles. The highest BCUT2D eigenvalue weighted by Gasteiger charge is 2.23. The van der Waals surface area contributed by atoms with Crippen LogP contribution in [0.1, 0.15) is 25.5 Å². The van der Waals surface area contributed by atoms with Crippen molar-refractivity contribution in [2.75, 3.05) is 19.7 Å². The van der Waals surface area contributed by atoms with Crippen molar-refractivity contribution in [3.63, 3.8) is 0 Å². The van der Waals surface area contributed by atoms with Gasteiger partial charge >= 0.3 is 6.09 Å². The number of amides is 1. The largest absolute Gasteiger partial charge is 0.462 e. The van der Waals surface area contributed by atoms with E-state index in [1.165, 1.54) is 11.3 Å². The number of hydrogen-bond donors (Lipinski definition) is 2. The minimum Gasteiger partial charge on any atom is -0.462 e. The molecular weight excluding hydrogens is 354 g/mol. The summed E-state index contributed by atoms with van der Waals surface area (Å²) in [6, 6.07) is 3.92. The van der Waals surface area contributed by atoms with Gasteiger partial charge in [-0.25, -0.2) is 14.8 Å². The molecule has 1 saturated heterocycles.